The smallest absolute Gasteiger partial charge is 0.338 e. The normalized spacial score (nSPS) is 25.3. The maximum Gasteiger partial charge on any atom is 0.338 e. The van der Waals surface area contributed by atoms with E-state index in [4.69, 9.17) is 4.74 Å². The lowest BCUT2D eigenvalue weighted by atomic mass is 9.81. The van der Waals surface area contributed by atoms with Crippen LogP contribution in [0.1, 0.15) is 42.1 Å². The summed E-state index contributed by atoms with van der Waals surface area (Å²) < 4.78 is 5.19. The number of amides is 3. The number of nitrogens with one attached hydrogen (secondary N) is 1. The van der Waals surface area contributed by atoms with Crippen LogP contribution in [0.5, 0.6) is 0 Å². The fraction of sp³-hybridized carbons (Fsp3) is 0.385. The number of anilines is 2. The van der Waals surface area contributed by atoms with E-state index >= 15 is 0 Å². The third-order valence-corrected chi connectivity index (χ3v) is 7.27. The number of fused-ring (bicyclic) bond motifs is 5. The van der Waals surface area contributed by atoms with E-state index in [1.165, 1.54) is 11.0 Å². The molecule has 2 aromatic rings. The highest BCUT2D eigenvalue weighted by Crippen LogP contribution is 2.56. The molecule has 1 aliphatic heterocycles. The Kier molecular flexibility index (Phi) is 5.48. The van der Waals surface area contributed by atoms with Crippen LogP contribution in [0.25, 0.3) is 0 Å². The zero-order valence-corrected chi connectivity index (χ0v) is 18.5. The zero-order chi connectivity index (χ0) is 23.1. The first-order chi connectivity index (χ1) is 16.0. The molecule has 2 aromatic carbocycles. The highest BCUT2D eigenvalue weighted by atomic mass is 16.5. The number of esters is 1. The highest BCUT2D eigenvalue weighted by molar-refractivity contribution is 6.22. The second kappa shape index (κ2) is 8.46. The number of hydrogen-bond donors (Lipinski definition) is 1. The van der Waals surface area contributed by atoms with Crippen molar-refractivity contribution in [1.29, 1.82) is 0 Å². The first-order valence-corrected chi connectivity index (χ1v) is 11.5. The molecule has 1 saturated heterocycles. The summed E-state index contributed by atoms with van der Waals surface area (Å²) in [5, 5.41) is 2.76. The van der Waals surface area contributed by atoms with Crippen molar-refractivity contribution < 1.29 is 23.9 Å². The van der Waals surface area contributed by atoms with Gasteiger partial charge >= 0.3 is 5.97 Å². The molecule has 0 spiro atoms. The Hall–Kier alpha value is -3.48. The molecule has 2 saturated carbocycles. The van der Waals surface area contributed by atoms with Crippen LogP contribution in [0.3, 0.4) is 0 Å². The molecule has 1 heterocycles. The molecule has 33 heavy (non-hydrogen) atoms. The Morgan fingerprint density at radius 3 is 2.39 bits per heavy atom. The molecular formula is C26H26N2O5. The molecule has 0 radical (unpaired) electrons. The summed E-state index contributed by atoms with van der Waals surface area (Å²) in [6.07, 6.45) is 3.75. The van der Waals surface area contributed by atoms with Gasteiger partial charge in [0.15, 0.2) is 6.61 Å². The number of rotatable bonds is 6. The predicted molar refractivity (Wildman–Crippen MR) is 121 cm³/mol. The van der Waals surface area contributed by atoms with E-state index in [-0.39, 0.29) is 29.2 Å². The number of imide groups is 1. The molecule has 3 fully saturated rings. The Morgan fingerprint density at radius 2 is 1.70 bits per heavy atom. The van der Waals surface area contributed by atoms with Crippen molar-refractivity contribution in [2.45, 2.75) is 32.6 Å². The Labute approximate surface area is 192 Å². The van der Waals surface area contributed by atoms with Crippen LogP contribution in [0.15, 0.2) is 48.5 Å². The van der Waals surface area contributed by atoms with E-state index in [0.717, 1.165) is 31.2 Å². The van der Waals surface area contributed by atoms with Gasteiger partial charge in [-0.15, -0.1) is 0 Å². The summed E-state index contributed by atoms with van der Waals surface area (Å²) in [6, 6.07) is 13.8. The molecule has 3 aliphatic rings. The van der Waals surface area contributed by atoms with E-state index < -0.39 is 18.5 Å². The second-order valence-electron chi connectivity index (χ2n) is 9.08. The van der Waals surface area contributed by atoms with Crippen molar-refractivity contribution in [2.75, 3.05) is 16.8 Å². The maximum absolute atomic E-state index is 13.0. The number of aryl methyl sites for hydroxylation is 1. The summed E-state index contributed by atoms with van der Waals surface area (Å²) in [5.74, 6) is -1.28. The number of hydrogen-bond acceptors (Lipinski definition) is 5. The molecule has 0 unspecified atom stereocenters. The van der Waals surface area contributed by atoms with Crippen LogP contribution in [-0.2, 0) is 25.5 Å². The number of ether oxygens (including phenoxy) is 1. The van der Waals surface area contributed by atoms with E-state index in [2.05, 4.69) is 5.32 Å². The summed E-state index contributed by atoms with van der Waals surface area (Å²) in [7, 11) is 0. The molecule has 7 heteroatoms. The molecule has 4 atom stereocenters. The second-order valence-corrected chi connectivity index (χ2v) is 9.08. The number of nitrogens with zero attached hydrogens (tertiary/aromatic N) is 1. The predicted octanol–water partition coefficient (Wildman–Crippen LogP) is 3.58. The first-order valence-electron chi connectivity index (χ1n) is 11.5. The van der Waals surface area contributed by atoms with Gasteiger partial charge in [0, 0.05) is 5.69 Å². The Morgan fingerprint density at radius 1 is 1.00 bits per heavy atom. The van der Waals surface area contributed by atoms with Crippen LogP contribution in [-0.4, -0.2) is 30.3 Å². The molecular weight excluding hydrogens is 420 g/mol. The summed E-state index contributed by atoms with van der Waals surface area (Å²) in [6.45, 7) is 1.56. The molecule has 2 aliphatic carbocycles. The van der Waals surface area contributed by atoms with Gasteiger partial charge in [0.2, 0.25) is 11.8 Å². The molecule has 2 bridgehead atoms. The lowest BCUT2D eigenvalue weighted by molar-refractivity contribution is -0.123. The van der Waals surface area contributed by atoms with Gasteiger partial charge in [0.1, 0.15) is 0 Å². The van der Waals surface area contributed by atoms with Gasteiger partial charge in [0.25, 0.3) is 5.91 Å². The van der Waals surface area contributed by atoms with E-state index in [9.17, 15) is 19.2 Å². The van der Waals surface area contributed by atoms with Crippen molar-refractivity contribution in [2.24, 2.45) is 23.7 Å². The average molecular weight is 447 g/mol. The number of carbonyl (C=O) groups is 4. The van der Waals surface area contributed by atoms with Crippen LogP contribution >= 0.6 is 0 Å². The van der Waals surface area contributed by atoms with Crippen molar-refractivity contribution >= 4 is 35.1 Å². The SMILES string of the molecule is CCc1ccccc1NC(=O)COC(=O)c1cccc(N2C(=O)[C@@H]3[C@H]4CC[C@@H](C4)[C@@H]3C2=O)c1. The minimum Gasteiger partial charge on any atom is -0.452 e. The summed E-state index contributed by atoms with van der Waals surface area (Å²) in [5.41, 5.74) is 2.25. The molecule has 7 nitrogen and oxygen atoms in total. The highest BCUT2D eigenvalue weighted by Gasteiger charge is 2.61. The topological polar surface area (TPSA) is 92.8 Å². The minimum atomic E-state index is -0.685. The quantitative estimate of drug-likeness (QED) is 0.541. The van der Waals surface area contributed by atoms with E-state index in [1.807, 2.05) is 25.1 Å². The van der Waals surface area contributed by atoms with Crippen molar-refractivity contribution in [3.8, 4) is 0 Å². The third-order valence-electron chi connectivity index (χ3n) is 7.27. The molecule has 5 rings (SSSR count). The average Bonchev–Trinajstić information content (AvgIpc) is 3.51. The zero-order valence-electron chi connectivity index (χ0n) is 18.5. The van der Waals surface area contributed by atoms with Gasteiger partial charge < -0.3 is 10.1 Å². The van der Waals surface area contributed by atoms with Gasteiger partial charge in [-0.25, -0.2) is 4.79 Å². The van der Waals surface area contributed by atoms with Crippen LogP contribution in [0.2, 0.25) is 0 Å². The largest absolute Gasteiger partial charge is 0.452 e. The maximum atomic E-state index is 13.0. The van der Waals surface area contributed by atoms with Crippen molar-refractivity contribution in [3.05, 3.63) is 59.7 Å². The third kappa shape index (κ3) is 3.71. The standard InChI is InChI=1S/C26H26N2O5/c1-2-15-6-3-4-9-20(15)27-21(29)14-33-26(32)18-7-5-8-19(13-18)28-24(30)22-16-10-11-17(12-16)23(22)25(28)31/h3-9,13,16-17,22-23H,2,10-12,14H2,1H3,(H,27,29)/t16-,17-,22-,23+/m0/s1. The Bertz CT molecular complexity index is 1120. The van der Waals surface area contributed by atoms with Gasteiger partial charge in [0.05, 0.1) is 23.1 Å². The van der Waals surface area contributed by atoms with E-state index in [1.54, 1.807) is 24.3 Å². The Balaban J connectivity index is 1.25. The first kappa shape index (κ1) is 21.4. The fourth-order valence-corrected chi connectivity index (χ4v) is 5.79. The lowest BCUT2D eigenvalue weighted by Crippen LogP contribution is -2.32. The van der Waals surface area contributed by atoms with Crippen LogP contribution in [0.4, 0.5) is 11.4 Å². The number of benzene rings is 2. The fourth-order valence-electron chi connectivity index (χ4n) is 5.79. The monoisotopic (exact) mass is 446 g/mol. The van der Waals surface area contributed by atoms with Gasteiger partial charge in [-0.05, 0) is 67.3 Å². The number of para-hydroxylation sites is 1. The lowest BCUT2D eigenvalue weighted by Gasteiger charge is -2.19. The van der Waals surface area contributed by atoms with E-state index in [0.29, 0.717) is 23.2 Å². The van der Waals surface area contributed by atoms with Crippen LogP contribution < -0.4 is 10.2 Å². The van der Waals surface area contributed by atoms with Gasteiger partial charge in [-0.1, -0.05) is 31.2 Å². The van der Waals surface area contributed by atoms with Gasteiger partial charge in [-0.2, -0.15) is 0 Å². The minimum absolute atomic E-state index is 0.156. The molecule has 170 valence electrons. The van der Waals surface area contributed by atoms with Crippen molar-refractivity contribution in [3.63, 3.8) is 0 Å². The molecule has 1 N–H and O–H groups in total. The van der Waals surface area contributed by atoms with Crippen LogP contribution in [0, 0.1) is 23.7 Å². The van der Waals surface area contributed by atoms with Crippen molar-refractivity contribution in [1.82, 2.24) is 0 Å². The molecule has 3 amide bonds. The number of carbonyl (C=O) groups excluding carboxylic acids is 4. The molecule has 0 aromatic heterocycles. The summed E-state index contributed by atoms with van der Waals surface area (Å²) in [4.78, 5) is 52.2. The summed E-state index contributed by atoms with van der Waals surface area (Å²) >= 11 is 0. The van der Waals surface area contributed by atoms with Gasteiger partial charge in [-0.3, -0.25) is 19.3 Å².